The zero-order valence-electron chi connectivity index (χ0n) is 7.03. The Kier molecular flexibility index (Phi) is 1.77. The molecule has 2 aliphatic carbocycles. The summed E-state index contributed by atoms with van der Waals surface area (Å²) >= 11 is 0. The van der Waals surface area contributed by atoms with Crippen LogP contribution in [0.1, 0.15) is 25.7 Å². The third-order valence-corrected chi connectivity index (χ3v) is 3.50. The molecule has 0 radical (unpaired) electrons. The largest absolute Gasteiger partial charge is 0.198 e. The lowest BCUT2D eigenvalue weighted by Gasteiger charge is -2.11. The van der Waals surface area contributed by atoms with E-state index in [1.807, 2.05) is 0 Å². The Bertz CT molecular complexity index is 232. The molecule has 0 aromatic rings. The summed E-state index contributed by atoms with van der Waals surface area (Å²) in [4.78, 5) is 0. The second-order valence-corrected chi connectivity index (χ2v) is 3.97. The first-order valence-corrected chi connectivity index (χ1v) is 4.66. The van der Waals surface area contributed by atoms with E-state index < -0.39 is 0 Å². The molecule has 2 rings (SSSR count). The lowest BCUT2D eigenvalue weighted by Crippen LogP contribution is -2.09. The molecule has 2 fully saturated rings. The van der Waals surface area contributed by atoms with Crippen LogP contribution in [0.15, 0.2) is 0 Å². The summed E-state index contributed by atoms with van der Waals surface area (Å²) in [6.07, 6.45) is 4.43. The minimum Gasteiger partial charge on any atom is -0.198 e. The van der Waals surface area contributed by atoms with E-state index in [2.05, 4.69) is 12.1 Å². The Morgan fingerprint density at radius 2 is 1.42 bits per heavy atom. The first kappa shape index (κ1) is 7.62. The highest BCUT2D eigenvalue weighted by Crippen LogP contribution is 2.50. The summed E-state index contributed by atoms with van der Waals surface area (Å²) in [7, 11) is 0. The minimum atomic E-state index is 0.183. The molecule has 12 heavy (non-hydrogen) atoms. The van der Waals surface area contributed by atoms with Gasteiger partial charge in [-0.1, -0.05) is 6.42 Å². The van der Waals surface area contributed by atoms with E-state index in [9.17, 15) is 0 Å². The van der Waals surface area contributed by atoms with E-state index in [1.165, 1.54) is 19.3 Å². The van der Waals surface area contributed by atoms with Crippen LogP contribution in [0.5, 0.6) is 0 Å². The van der Waals surface area contributed by atoms with Gasteiger partial charge in [-0.15, -0.1) is 0 Å². The van der Waals surface area contributed by atoms with Gasteiger partial charge in [-0.3, -0.25) is 0 Å². The summed E-state index contributed by atoms with van der Waals surface area (Å²) in [5.41, 5.74) is 0. The fourth-order valence-corrected chi connectivity index (χ4v) is 2.94. The highest BCUT2D eigenvalue weighted by atomic mass is 14.5. The summed E-state index contributed by atoms with van der Waals surface area (Å²) < 4.78 is 0. The Labute approximate surface area is 72.8 Å². The van der Waals surface area contributed by atoms with E-state index in [1.54, 1.807) is 0 Å². The van der Waals surface area contributed by atoms with Gasteiger partial charge in [-0.25, -0.2) is 0 Å². The molecule has 0 N–H and O–H groups in total. The fraction of sp³-hybridized carbons (Fsp3) is 0.800. The van der Waals surface area contributed by atoms with Gasteiger partial charge in [0, 0.05) is 0 Å². The van der Waals surface area contributed by atoms with Crippen molar-refractivity contribution in [1.29, 1.82) is 10.5 Å². The molecule has 2 nitrogen and oxygen atoms in total. The molecular formula is C10H12N2. The highest BCUT2D eigenvalue weighted by molar-refractivity contribution is 5.07. The maximum absolute atomic E-state index is 8.87. The molecule has 62 valence electrons. The molecule has 2 saturated carbocycles. The standard InChI is InChI=1S/C10H12N2/c11-5-7-4-8(6-12)10-3-1-2-9(7)10/h7-10H,1-4H2. The van der Waals surface area contributed by atoms with Crippen LogP contribution in [0.3, 0.4) is 0 Å². The third-order valence-electron chi connectivity index (χ3n) is 3.50. The SMILES string of the molecule is N#CC1CC(C#N)C2CCCC12. The van der Waals surface area contributed by atoms with Gasteiger partial charge in [-0.2, -0.15) is 10.5 Å². The maximum Gasteiger partial charge on any atom is 0.0659 e. The van der Waals surface area contributed by atoms with Crippen LogP contribution in [-0.2, 0) is 0 Å². The van der Waals surface area contributed by atoms with E-state index in [4.69, 9.17) is 10.5 Å². The van der Waals surface area contributed by atoms with Gasteiger partial charge in [0.15, 0.2) is 0 Å². The molecule has 0 saturated heterocycles. The van der Waals surface area contributed by atoms with Crippen molar-refractivity contribution in [2.24, 2.45) is 23.7 Å². The third kappa shape index (κ3) is 0.916. The first-order valence-electron chi connectivity index (χ1n) is 4.66. The number of hydrogen-bond acceptors (Lipinski definition) is 2. The van der Waals surface area contributed by atoms with Gasteiger partial charge in [0.2, 0.25) is 0 Å². The van der Waals surface area contributed by atoms with Crippen LogP contribution in [-0.4, -0.2) is 0 Å². The van der Waals surface area contributed by atoms with Gasteiger partial charge >= 0.3 is 0 Å². The predicted molar refractivity (Wildman–Crippen MR) is 43.7 cm³/mol. The van der Waals surface area contributed by atoms with E-state index in [-0.39, 0.29) is 11.8 Å². The molecule has 2 heteroatoms. The maximum atomic E-state index is 8.87. The van der Waals surface area contributed by atoms with Crippen molar-refractivity contribution in [2.45, 2.75) is 25.7 Å². The van der Waals surface area contributed by atoms with Crippen molar-refractivity contribution in [1.82, 2.24) is 0 Å². The molecule has 0 spiro atoms. The molecule has 0 aromatic carbocycles. The molecule has 0 aliphatic heterocycles. The highest BCUT2D eigenvalue weighted by Gasteiger charge is 2.45. The zero-order chi connectivity index (χ0) is 8.55. The van der Waals surface area contributed by atoms with Crippen LogP contribution in [0, 0.1) is 46.3 Å². The number of nitrogens with zero attached hydrogens (tertiary/aromatic N) is 2. The summed E-state index contributed by atoms with van der Waals surface area (Å²) in [5.74, 6) is 1.48. The molecule has 2 aliphatic rings. The van der Waals surface area contributed by atoms with Crippen LogP contribution in [0.25, 0.3) is 0 Å². The topological polar surface area (TPSA) is 47.6 Å². The average molecular weight is 160 g/mol. The number of rotatable bonds is 0. The van der Waals surface area contributed by atoms with Crippen molar-refractivity contribution in [2.75, 3.05) is 0 Å². The molecule has 0 aromatic heterocycles. The van der Waals surface area contributed by atoms with Crippen molar-refractivity contribution < 1.29 is 0 Å². The Hall–Kier alpha value is -1.02. The van der Waals surface area contributed by atoms with Crippen LogP contribution < -0.4 is 0 Å². The lowest BCUT2D eigenvalue weighted by atomic mass is 9.91. The normalized spacial score (nSPS) is 44.8. The lowest BCUT2D eigenvalue weighted by molar-refractivity contribution is 0.387. The van der Waals surface area contributed by atoms with Crippen LogP contribution >= 0.6 is 0 Å². The van der Waals surface area contributed by atoms with Crippen molar-refractivity contribution in [3.05, 3.63) is 0 Å². The van der Waals surface area contributed by atoms with Crippen LogP contribution in [0.4, 0.5) is 0 Å². The van der Waals surface area contributed by atoms with Crippen molar-refractivity contribution in [3.63, 3.8) is 0 Å². The molecule has 0 amide bonds. The van der Waals surface area contributed by atoms with Gasteiger partial charge < -0.3 is 0 Å². The number of fused-ring (bicyclic) bond motifs is 1. The van der Waals surface area contributed by atoms with Crippen molar-refractivity contribution in [3.8, 4) is 12.1 Å². The van der Waals surface area contributed by atoms with Gasteiger partial charge in [0.05, 0.1) is 24.0 Å². The van der Waals surface area contributed by atoms with Gasteiger partial charge in [0.25, 0.3) is 0 Å². The van der Waals surface area contributed by atoms with Gasteiger partial charge in [-0.05, 0) is 31.1 Å². The quantitative estimate of drug-likeness (QED) is 0.544. The second-order valence-electron chi connectivity index (χ2n) is 3.97. The summed E-state index contributed by atoms with van der Waals surface area (Å²) in [5, 5.41) is 17.7. The van der Waals surface area contributed by atoms with Crippen LogP contribution in [0.2, 0.25) is 0 Å². The number of nitriles is 2. The van der Waals surface area contributed by atoms with Gasteiger partial charge in [0.1, 0.15) is 0 Å². The Balaban J connectivity index is 2.19. The predicted octanol–water partition coefficient (Wildman–Crippen LogP) is 2.09. The van der Waals surface area contributed by atoms with Crippen molar-refractivity contribution >= 4 is 0 Å². The summed E-state index contributed by atoms with van der Waals surface area (Å²) in [6.45, 7) is 0. The first-order chi connectivity index (χ1) is 5.86. The molecule has 0 heterocycles. The fourth-order valence-electron chi connectivity index (χ4n) is 2.94. The molecule has 4 unspecified atom stereocenters. The zero-order valence-corrected chi connectivity index (χ0v) is 7.03. The second kappa shape index (κ2) is 2.79. The van der Waals surface area contributed by atoms with E-state index in [0.29, 0.717) is 11.8 Å². The minimum absolute atomic E-state index is 0.183. The summed E-state index contributed by atoms with van der Waals surface area (Å²) in [6, 6.07) is 4.70. The smallest absolute Gasteiger partial charge is 0.0659 e. The Morgan fingerprint density at radius 3 is 1.83 bits per heavy atom. The molecular weight excluding hydrogens is 148 g/mol. The monoisotopic (exact) mass is 160 g/mol. The molecule has 4 atom stereocenters. The Morgan fingerprint density at radius 1 is 0.917 bits per heavy atom. The van der Waals surface area contributed by atoms with E-state index >= 15 is 0 Å². The van der Waals surface area contributed by atoms with E-state index in [0.717, 1.165) is 6.42 Å². The average Bonchev–Trinajstić information content (AvgIpc) is 2.63. The molecule has 0 bridgehead atoms. The number of hydrogen-bond donors (Lipinski definition) is 0.